The van der Waals surface area contributed by atoms with E-state index in [1.54, 1.807) is 6.20 Å². The minimum absolute atomic E-state index is 0.155. The van der Waals surface area contributed by atoms with Gasteiger partial charge in [0, 0.05) is 31.5 Å². The quantitative estimate of drug-likeness (QED) is 0.883. The Balaban J connectivity index is 1.52. The number of amides is 2. The maximum atomic E-state index is 12.1. The molecule has 0 bridgehead atoms. The summed E-state index contributed by atoms with van der Waals surface area (Å²) in [6.45, 7) is 8.54. The first-order valence-electron chi connectivity index (χ1n) is 9.18. The highest BCUT2D eigenvalue weighted by molar-refractivity contribution is 5.89. The number of hydrogen-bond donors (Lipinski definition) is 2. The van der Waals surface area contributed by atoms with Crippen LogP contribution in [0.15, 0.2) is 30.5 Å². The number of aromatic nitrogens is 2. The third-order valence-corrected chi connectivity index (χ3v) is 4.73. The molecule has 2 amide bonds. The molecule has 3 rings (SSSR count). The third-order valence-electron chi connectivity index (χ3n) is 4.73. The Labute approximate surface area is 155 Å². The molecule has 2 aromatic rings. The first-order valence-corrected chi connectivity index (χ1v) is 9.18. The van der Waals surface area contributed by atoms with E-state index in [2.05, 4.69) is 25.5 Å². The fourth-order valence-electron chi connectivity index (χ4n) is 3.30. The molecule has 6 heteroatoms. The Morgan fingerprint density at radius 2 is 2.00 bits per heavy atom. The fraction of sp³-hybridized carbons (Fsp3) is 0.450. The summed E-state index contributed by atoms with van der Waals surface area (Å²) in [5.74, 6) is 1.38. The van der Waals surface area contributed by atoms with Gasteiger partial charge >= 0.3 is 6.03 Å². The zero-order valence-corrected chi connectivity index (χ0v) is 15.7. The van der Waals surface area contributed by atoms with E-state index in [4.69, 9.17) is 0 Å². The van der Waals surface area contributed by atoms with Crippen molar-refractivity contribution in [3.8, 4) is 0 Å². The van der Waals surface area contributed by atoms with Gasteiger partial charge in [0.25, 0.3) is 0 Å². The van der Waals surface area contributed by atoms with Crippen LogP contribution in [0.2, 0.25) is 0 Å². The van der Waals surface area contributed by atoms with Gasteiger partial charge < -0.3 is 15.5 Å². The van der Waals surface area contributed by atoms with Gasteiger partial charge in [0.15, 0.2) is 0 Å². The summed E-state index contributed by atoms with van der Waals surface area (Å²) in [6, 6.07) is 7.64. The second kappa shape index (κ2) is 8.17. The van der Waals surface area contributed by atoms with Crippen molar-refractivity contribution in [3.05, 3.63) is 47.4 Å². The molecule has 1 fully saturated rings. The molecular weight excluding hydrogens is 326 g/mol. The molecule has 138 valence electrons. The molecule has 2 N–H and O–H groups in total. The lowest BCUT2D eigenvalue weighted by Gasteiger charge is -2.34. The van der Waals surface area contributed by atoms with E-state index in [1.165, 1.54) is 5.56 Å². The van der Waals surface area contributed by atoms with Crippen molar-refractivity contribution in [3.63, 3.8) is 0 Å². The van der Waals surface area contributed by atoms with Crippen molar-refractivity contribution < 1.29 is 4.79 Å². The molecule has 1 aliphatic heterocycles. The monoisotopic (exact) mass is 353 g/mol. The van der Waals surface area contributed by atoms with Gasteiger partial charge in [-0.3, -0.25) is 4.98 Å². The zero-order valence-electron chi connectivity index (χ0n) is 15.7. The van der Waals surface area contributed by atoms with Gasteiger partial charge in [-0.15, -0.1) is 0 Å². The average molecular weight is 353 g/mol. The van der Waals surface area contributed by atoms with Gasteiger partial charge in [0.1, 0.15) is 5.82 Å². The maximum absolute atomic E-state index is 12.1. The normalized spacial score (nSPS) is 17.0. The maximum Gasteiger partial charge on any atom is 0.319 e. The lowest BCUT2D eigenvalue weighted by atomic mass is 9.98. The van der Waals surface area contributed by atoms with E-state index < -0.39 is 0 Å². The first kappa shape index (κ1) is 18.2. The summed E-state index contributed by atoms with van der Waals surface area (Å²) in [6.07, 6.45) is 4.01. The minimum Gasteiger partial charge on any atom is -0.355 e. The van der Waals surface area contributed by atoms with Crippen LogP contribution in [-0.2, 0) is 0 Å². The smallest absolute Gasteiger partial charge is 0.319 e. The number of carbonyl (C=O) groups is 1. The molecule has 0 spiro atoms. The predicted molar refractivity (Wildman–Crippen MR) is 105 cm³/mol. The molecule has 1 unspecified atom stereocenters. The van der Waals surface area contributed by atoms with Crippen molar-refractivity contribution in [1.29, 1.82) is 0 Å². The summed E-state index contributed by atoms with van der Waals surface area (Å²) in [4.78, 5) is 23.5. The van der Waals surface area contributed by atoms with E-state index in [0.29, 0.717) is 12.5 Å². The van der Waals surface area contributed by atoms with Crippen molar-refractivity contribution in [2.24, 2.45) is 5.92 Å². The Bertz CT molecular complexity index is 759. The topological polar surface area (TPSA) is 70.2 Å². The predicted octanol–water partition coefficient (Wildman–Crippen LogP) is 3.44. The Kier molecular flexibility index (Phi) is 5.71. The Morgan fingerprint density at radius 3 is 2.77 bits per heavy atom. The second-order valence-corrected chi connectivity index (χ2v) is 7.08. The lowest BCUT2D eigenvalue weighted by Crippen LogP contribution is -2.42. The second-order valence-electron chi connectivity index (χ2n) is 7.08. The molecule has 26 heavy (non-hydrogen) atoms. The number of nitrogens with zero attached hydrogens (tertiary/aromatic N) is 3. The highest BCUT2D eigenvalue weighted by Crippen LogP contribution is 2.23. The van der Waals surface area contributed by atoms with Crippen LogP contribution in [0, 0.1) is 26.7 Å². The highest BCUT2D eigenvalue weighted by atomic mass is 16.2. The first-order chi connectivity index (χ1) is 12.5. The molecule has 1 saturated heterocycles. The van der Waals surface area contributed by atoms with Gasteiger partial charge in [-0.2, -0.15) is 0 Å². The van der Waals surface area contributed by atoms with E-state index in [1.807, 2.05) is 45.0 Å². The number of carbonyl (C=O) groups excluding carboxylic acids is 1. The summed E-state index contributed by atoms with van der Waals surface area (Å²) in [7, 11) is 0. The number of nitrogens with one attached hydrogen (secondary N) is 2. The Morgan fingerprint density at radius 1 is 1.23 bits per heavy atom. The van der Waals surface area contributed by atoms with Crippen molar-refractivity contribution in [2.75, 3.05) is 29.9 Å². The summed E-state index contributed by atoms with van der Waals surface area (Å²) in [5.41, 5.74) is 3.88. The number of rotatable bonds is 4. The van der Waals surface area contributed by atoms with E-state index in [9.17, 15) is 4.79 Å². The van der Waals surface area contributed by atoms with Crippen LogP contribution in [-0.4, -0.2) is 35.6 Å². The number of aryl methyl sites for hydroxylation is 3. The summed E-state index contributed by atoms with van der Waals surface area (Å²) in [5, 5.41) is 5.88. The minimum atomic E-state index is -0.155. The number of urea groups is 1. The zero-order chi connectivity index (χ0) is 18.5. The van der Waals surface area contributed by atoms with Crippen LogP contribution in [0.1, 0.15) is 29.8 Å². The lowest BCUT2D eigenvalue weighted by molar-refractivity contribution is 0.249. The van der Waals surface area contributed by atoms with Crippen LogP contribution in [0.4, 0.5) is 16.3 Å². The summed E-state index contributed by atoms with van der Waals surface area (Å²) >= 11 is 0. The fourth-order valence-corrected chi connectivity index (χ4v) is 3.30. The van der Waals surface area contributed by atoms with Crippen molar-refractivity contribution in [2.45, 2.75) is 33.6 Å². The van der Waals surface area contributed by atoms with Crippen molar-refractivity contribution >= 4 is 17.5 Å². The molecule has 1 aromatic heterocycles. The van der Waals surface area contributed by atoms with E-state index in [-0.39, 0.29) is 6.03 Å². The Hall–Kier alpha value is -2.63. The molecular formula is C20H27N5O. The van der Waals surface area contributed by atoms with Gasteiger partial charge in [-0.05, 0) is 51.7 Å². The average Bonchev–Trinajstić information content (AvgIpc) is 2.64. The number of hydrogen-bond acceptors (Lipinski definition) is 4. The molecule has 1 aliphatic rings. The largest absolute Gasteiger partial charge is 0.355 e. The number of anilines is 2. The molecule has 1 atom stereocenters. The molecule has 2 heterocycles. The van der Waals surface area contributed by atoms with Crippen LogP contribution >= 0.6 is 0 Å². The third kappa shape index (κ3) is 4.71. The van der Waals surface area contributed by atoms with E-state index >= 15 is 0 Å². The molecule has 6 nitrogen and oxygen atoms in total. The molecule has 0 aliphatic carbocycles. The van der Waals surface area contributed by atoms with Gasteiger partial charge in [0.2, 0.25) is 0 Å². The molecule has 0 saturated carbocycles. The van der Waals surface area contributed by atoms with Crippen molar-refractivity contribution in [1.82, 2.24) is 15.3 Å². The van der Waals surface area contributed by atoms with Gasteiger partial charge in [0.05, 0.1) is 11.4 Å². The van der Waals surface area contributed by atoms with Crippen LogP contribution in [0.3, 0.4) is 0 Å². The van der Waals surface area contributed by atoms with E-state index in [0.717, 1.165) is 48.8 Å². The van der Waals surface area contributed by atoms with Gasteiger partial charge in [-0.25, -0.2) is 9.78 Å². The van der Waals surface area contributed by atoms with Crippen LogP contribution in [0.5, 0.6) is 0 Å². The standard InChI is InChI=1S/C20H27N5O/c1-14-6-8-18(9-7-14)24-20(26)22-12-17-5-4-10-25(13-17)19-16(3)21-11-15(2)23-19/h6-9,11,17H,4-5,10,12-13H2,1-3H3,(H2,22,24,26). The number of benzene rings is 1. The van der Waals surface area contributed by atoms with Crippen LogP contribution < -0.4 is 15.5 Å². The highest BCUT2D eigenvalue weighted by Gasteiger charge is 2.23. The van der Waals surface area contributed by atoms with Gasteiger partial charge in [-0.1, -0.05) is 17.7 Å². The molecule has 0 radical (unpaired) electrons. The number of piperidine rings is 1. The molecule has 1 aromatic carbocycles. The SMILES string of the molecule is Cc1ccc(NC(=O)NCC2CCCN(c3nc(C)cnc3C)C2)cc1. The summed E-state index contributed by atoms with van der Waals surface area (Å²) < 4.78 is 0. The van der Waals surface area contributed by atoms with Crippen LogP contribution in [0.25, 0.3) is 0 Å².